The summed E-state index contributed by atoms with van der Waals surface area (Å²) in [6, 6.07) is 8.36. The van der Waals surface area contributed by atoms with Crippen molar-refractivity contribution in [3.8, 4) is 5.75 Å². The second kappa shape index (κ2) is 8.68. The Balaban J connectivity index is 0.00000162. The summed E-state index contributed by atoms with van der Waals surface area (Å²) in [6.45, 7) is 2.41. The van der Waals surface area contributed by atoms with Crippen molar-refractivity contribution in [1.29, 1.82) is 0 Å². The molecule has 0 bridgehead atoms. The summed E-state index contributed by atoms with van der Waals surface area (Å²) < 4.78 is 5.15. The number of methoxy groups -OCH3 is 1. The molecule has 1 N–H and O–H groups in total. The number of halogens is 1. The van der Waals surface area contributed by atoms with Crippen molar-refractivity contribution in [2.45, 2.75) is 24.2 Å². The second-order valence-electron chi connectivity index (χ2n) is 4.51. The number of rotatable bonds is 5. The predicted molar refractivity (Wildman–Crippen MR) is 81.2 cm³/mol. The molecule has 18 heavy (non-hydrogen) atoms. The minimum Gasteiger partial charge on any atom is -0.497 e. The first-order chi connectivity index (χ1) is 8.38. The van der Waals surface area contributed by atoms with E-state index in [9.17, 15) is 0 Å². The van der Waals surface area contributed by atoms with Crippen LogP contribution in [0.5, 0.6) is 5.75 Å². The first-order valence-electron chi connectivity index (χ1n) is 6.36. The van der Waals surface area contributed by atoms with Gasteiger partial charge in [-0.3, -0.25) is 0 Å². The lowest BCUT2D eigenvalue weighted by Crippen LogP contribution is -2.27. The lowest BCUT2D eigenvalue weighted by molar-refractivity contribution is 0.367. The van der Waals surface area contributed by atoms with E-state index >= 15 is 0 Å². The third kappa shape index (κ3) is 5.09. The Morgan fingerprint density at radius 1 is 1.22 bits per heavy atom. The highest BCUT2D eigenvalue weighted by atomic mass is 35.5. The number of hydrogen-bond donors (Lipinski definition) is 1. The fourth-order valence-electron chi connectivity index (χ4n) is 2.19. The molecule has 0 aliphatic carbocycles. The third-order valence-electron chi connectivity index (χ3n) is 3.31. The first kappa shape index (κ1) is 15.7. The molecule has 1 aromatic rings. The molecule has 102 valence electrons. The SMILES string of the molecule is COc1ccc(SCCC2CCNCC2)cc1.Cl. The van der Waals surface area contributed by atoms with Gasteiger partial charge in [0.15, 0.2) is 0 Å². The number of piperidine rings is 1. The topological polar surface area (TPSA) is 21.3 Å². The quantitative estimate of drug-likeness (QED) is 0.836. The van der Waals surface area contributed by atoms with Crippen LogP contribution in [-0.4, -0.2) is 26.0 Å². The van der Waals surface area contributed by atoms with Gasteiger partial charge in [-0.05, 0) is 68.3 Å². The van der Waals surface area contributed by atoms with E-state index in [2.05, 4.69) is 17.4 Å². The molecule has 1 fully saturated rings. The minimum absolute atomic E-state index is 0. The number of thioether (sulfide) groups is 1. The molecule has 2 rings (SSSR count). The molecular weight excluding hydrogens is 266 g/mol. The van der Waals surface area contributed by atoms with Crippen LogP contribution in [-0.2, 0) is 0 Å². The molecule has 0 atom stereocenters. The van der Waals surface area contributed by atoms with E-state index in [1.165, 1.54) is 43.0 Å². The van der Waals surface area contributed by atoms with Gasteiger partial charge >= 0.3 is 0 Å². The molecule has 0 saturated carbocycles. The first-order valence-corrected chi connectivity index (χ1v) is 7.34. The van der Waals surface area contributed by atoms with Crippen LogP contribution in [0.25, 0.3) is 0 Å². The fourth-order valence-corrected chi connectivity index (χ4v) is 3.20. The maximum Gasteiger partial charge on any atom is 0.118 e. The average molecular weight is 288 g/mol. The Morgan fingerprint density at radius 3 is 2.50 bits per heavy atom. The molecule has 1 saturated heterocycles. The van der Waals surface area contributed by atoms with E-state index in [1.54, 1.807) is 7.11 Å². The summed E-state index contributed by atoms with van der Waals surface area (Å²) in [4.78, 5) is 1.35. The van der Waals surface area contributed by atoms with Crippen molar-refractivity contribution in [3.05, 3.63) is 24.3 Å². The summed E-state index contributed by atoms with van der Waals surface area (Å²) in [6.07, 6.45) is 4.05. The van der Waals surface area contributed by atoms with Gasteiger partial charge in [0, 0.05) is 4.90 Å². The van der Waals surface area contributed by atoms with Gasteiger partial charge in [-0.1, -0.05) is 0 Å². The van der Waals surface area contributed by atoms with Crippen molar-refractivity contribution >= 4 is 24.2 Å². The van der Waals surface area contributed by atoms with E-state index in [-0.39, 0.29) is 12.4 Å². The number of ether oxygens (including phenoxy) is 1. The van der Waals surface area contributed by atoms with Gasteiger partial charge in [-0.15, -0.1) is 24.2 Å². The van der Waals surface area contributed by atoms with Crippen molar-refractivity contribution in [3.63, 3.8) is 0 Å². The van der Waals surface area contributed by atoms with Crippen LogP contribution < -0.4 is 10.1 Å². The third-order valence-corrected chi connectivity index (χ3v) is 4.36. The van der Waals surface area contributed by atoms with Crippen LogP contribution in [0.1, 0.15) is 19.3 Å². The molecule has 0 unspecified atom stereocenters. The molecule has 1 aromatic carbocycles. The van der Waals surface area contributed by atoms with Crippen LogP contribution in [0.15, 0.2) is 29.2 Å². The van der Waals surface area contributed by atoms with Crippen LogP contribution in [0.4, 0.5) is 0 Å². The Kier molecular flexibility index (Phi) is 7.56. The highest BCUT2D eigenvalue weighted by molar-refractivity contribution is 7.99. The highest BCUT2D eigenvalue weighted by Crippen LogP contribution is 2.25. The Morgan fingerprint density at radius 2 is 1.89 bits per heavy atom. The van der Waals surface area contributed by atoms with Crippen molar-refractivity contribution in [2.24, 2.45) is 5.92 Å². The number of nitrogens with one attached hydrogen (secondary N) is 1. The Hall–Kier alpha value is -0.380. The zero-order chi connectivity index (χ0) is 11.9. The monoisotopic (exact) mass is 287 g/mol. The van der Waals surface area contributed by atoms with Gasteiger partial charge in [0.05, 0.1) is 7.11 Å². The minimum atomic E-state index is 0. The van der Waals surface area contributed by atoms with Gasteiger partial charge in [0.2, 0.25) is 0 Å². The van der Waals surface area contributed by atoms with E-state index in [4.69, 9.17) is 4.74 Å². The zero-order valence-electron chi connectivity index (χ0n) is 10.9. The van der Waals surface area contributed by atoms with Gasteiger partial charge in [-0.2, -0.15) is 0 Å². The van der Waals surface area contributed by atoms with Crippen LogP contribution >= 0.6 is 24.2 Å². The highest BCUT2D eigenvalue weighted by Gasteiger charge is 2.12. The molecule has 4 heteroatoms. The van der Waals surface area contributed by atoms with E-state index in [0.717, 1.165) is 11.7 Å². The van der Waals surface area contributed by atoms with Crippen LogP contribution in [0, 0.1) is 5.92 Å². The lowest BCUT2D eigenvalue weighted by atomic mass is 9.96. The molecule has 1 aliphatic heterocycles. The molecule has 1 aliphatic rings. The van der Waals surface area contributed by atoms with Gasteiger partial charge in [-0.25, -0.2) is 0 Å². The van der Waals surface area contributed by atoms with Crippen LogP contribution in [0.2, 0.25) is 0 Å². The maximum atomic E-state index is 5.15. The molecule has 0 radical (unpaired) electrons. The average Bonchev–Trinajstić information content (AvgIpc) is 2.41. The standard InChI is InChI=1S/C14H21NOS.ClH/c1-16-13-2-4-14(5-3-13)17-11-8-12-6-9-15-10-7-12;/h2-5,12,15H,6-11H2,1H3;1H. The van der Waals surface area contributed by atoms with E-state index in [0.29, 0.717) is 0 Å². The Bertz CT molecular complexity index is 325. The molecular formula is C14H22ClNOS. The van der Waals surface area contributed by atoms with Crippen LogP contribution in [0.3, 0.4) is 0 Å². The smallest absolute Gasteiger partial charge is 0.118 e. The van der Waals surface area contributed by atoms with Crippen molar-refractivity contribution < 1.29 is 4.74 Å². The second-order valence-corrected chi connectivity index (χ2v) is 5.67. The van der Waals surface area contributed by atoms with Gasteiger partial charge in [0.25, 0.3) is 0 Å². The summed E-state index contributed by atoms with van der Waals surface area (Å²) in [5.74, 6) is 3.10. The maximum absolute atomic E-state index is 5.15. The van der Waals surface area contributed by atoms with Gasteiger partial charge < -0.3 is 10.1 Å². The summed E-state index contributed by atoms with van der Waals surface area (Å²) in [7, 11) is 1.71. The predicted octanol–water partition coefficient (Wildman–Crippen LogP) is 3.60. The molecule has 0 amide bonds. The number of hydrogen-bond acceptors (Lipinski definition) is 3. The summed E-state index contributed by atoms with van der Waals surface area (Å²) in [5, 5.41) is 3.41. The Labute approximate surface area is 120 Å². The molecule has 0 aromatic heterocycles. The largest absolute Gasteiger partial charge is 0.497 e. The van der Waals surface area contributed by atoms with Crippen molar-refractivity contribution in [1.82, 2.24) is 5.32 Å². The van der Waals surface area contributed by atoms with E-state index in [1.807, 2.05) is 23.9 Å². The lowest BCUT2D eigenvalue weighted by Gasteiger charge is -2.22. The summed E-state index contributed by atoms with van der Waals surface area (Å²) in [5.41, 5.74) is 0. The number of benzene rings is 1. The molecule has 2 nitrogen and oxygen atoms in total. The fraction of sp³-hybridized carbons (Fsp3) is 0.571. The van der Waals surface area contributed by atoms with E-state index < -0.39 is 0 Å². The normalized spacial score (nSPS) is 16.1. The summed E-state index contributed by atoms with van der Waals surface area (Å²) >= 11 is 1.96. The van der Waals surface area contributed by atoms with Crippen molar-refractivity contribution in [2.75, 3.05) is 26.0 Å². The molecule has 0 spiro atoms. The van der Waals surface area contributed by atoms with Gasteiger partial charge in [0.1, 0.15) is 5.75 Å². The molecule has 1 heterocycles. The zero-order valence-corrected chi connectivity index (χ0v) is 12.5.